The first kappa shape index (κ1) is 24.9. The Morgan fingerprint density at radius 1 is 1.19 bits per heavy atom. The van der Waals surface area contributed by atoms with Crippen LogP contribution in [0.25, 0.3) is 22.9 Å². The molecule has 4 rings (SSSR count). The van der Waals surface area contributed by atoms with E-state index in [-0.39, 0.29) is 17.1 Å². The lowest BCUT2D eigenvalue weighted by atomic mass is 10.1. The van der Waals surface area contributed by atoms with Crippen LogP contribution in [0.5, 0.6) is 0 Å². The maximum Gasteiger partial charge on any atom is 0.491 e. The third-order valence-corrected chi connectivity index (χ3v) is 5.64. The molecule has 0 spiro atoms. The van der Waals surface area contributed by atoms with Gasteiger partial charge in [0, 0.05) is 33.2 Å². The Morgan fingerprint density at radius 3 is 2.50 bits per heavy atom. The summed E-state index contributed by atoms with van der Waals surface area (Å²) in [6.45, 7) is 4.96. The first-order valence-electron chi connectivity index (χ1n) is 10.8. The van der Waals surface area contributed by atoms with Crippen molar-refractivity contribution in [3.05, 3.63) is 57.2 Å². The number of para-hydroxylation sites is 1. The van der Waals surface area contributed by atoms with Crippen LogP contribution in [0.3, 0.4) is 0 Å². The van der Waals surface area contributed by atoms with E-state index in [9.17, 15) is 32.3 Å². The number of fused-ring (bicyclic) bond motifs is 1. The minimum atomic E-state index is -5.40. The Morgan fingerprint density at radius 2 is 1.86 bits per heavy atom. The van der Waals surface area contributed by atoms with E-state index < -0.39 is 35.9 Å². The van der Waals surface area contributed by atoms with Gasteiger partial charge in [0.2, 0.25) is 5.95 Å². The molecule has 36 heavy (non-hydrogen) atoms. The summed E-state index contributed by atoms with van der Waals surface area (Å²) in [5.41, 5.74) is -0.929. The van der Waals surface area contributed by atoms with E-state index in [0.717, 1.165) is 7.05 Å². The van der Waals surface area contributed by atoms with Crippen LogP contribution in [-0.4, -0.2) is 63.0 Å². The van der Waals surface area contributed by atoms with Crippen molar-refractivity contribution in [3.63, 3.8) is 0 Å². The van der Waals surface area contributed by atoms with Crippen molar-refractivity contribution in [2.24, 2.45) is 7.05 Å². The molecular formula is C22H21F3N6O5. The van der Waals surface area contributed by atoms with E-state index in [0.29, 0.717) is 46.6 Å². The third kappa shape index (κ3) is 4.42. The molecule has 11 nitrogen and oxygen atoms in total. The summed E-state index contributed by atoms with van der Waals surface area (Å²) in [5.74, 6) is -4.06. The second kappa shape index (κ2) is 9.45. The zero-order valence-corrected chi connectivity index (χ0v) is 19.0. The Balaban J connectivity index is 1.97. The van der Waals surface area contributed by atoms with Gasteiger partial charge < -0.3 is 15.0 Å². The Kier molecular flexibility index (Phi) is 6.54. The predicted octanol–water partition coefficient (Wildman–Crippen LogP) is 0.571. The van der Waals surface area contributed by atoms with Crippen molar-refractivity contribution in [3.8, 4) is 5.69 Å². The monoisotopic (exact) mass is 506 g/mol. The van der Waals surface area contributed by atoms with Gasteiger partial charge in [-0.3, -0.25) is 18.5 Å². The van der Waals surface area contributed by atoms with Gasteiger partial charge in [-0.05, 0) is 11.6 Å². The molecule has 1 fully saturated rings. The molecule has 3 aromatic rings. The van der Waals surface area contributed by atoms with Crippen LogP contribution in [0.2, 0.25) is 0 Å². The van der Waals surface area contributed by atoms with Crippen LogP contribution in [0.4, 0.5) is 19.1 Å². The second-order valence-electron chi connectivity index (χ2n) is 7.91. The number of alkyl halides is 3. The lowest BCUT2D eigenvalue weighted by Crippen LogP contribution is -2.44. The molecule has 1 aromatic carbocycles. The van der Waals surface area contributed by atoms with Crippen LogP contribution < -0.4 is 21.5 Å². The number of hydrogen-bond acceptors (Lipinski definition) is 8. The van der Waals surface area contributed by atoms with Crippen LogP contribution in [0.15, 0.2) is 40.4 Å². The first-order valence-corrected chi connectivity index (χ1v) is 10.8. The molecule has 190 valence electrons. The quantitative estimate of drug-likeness (QED) is 0.394. The number of anilines is 1. The molecule has 0 aliphatic carbocycles. The molecule has 1 N–H and O–H groups in total. The Labute approximate surface area is 201 Å². The number of nitrogens with one attached hydrogen (secondary N) is 1. The summed E-state index contributed by atoms with van der Waals surface area (Å²) in [6, 6.07) is 6.98. The van der Waals surface area contributed by atoms with Crippen molar-refractivity contribution in [1.82, 2.24) is 24.0 Å². The SMILES string of the molecule is C=Cc1ccccc1-n1c(N2CCNCC2)nc2c1c(=O)n(C)c(=O)n2CC(=O)OC(=O)C(F)(F)F. The van der Waals surface area contributed by atoms with E-state index >= 15 is 0 Å². The maximum absolute atomic E-state index is 13.3. The largest absolute Gasteiger partial charge is 0.491 e. The summed E-state index contributed by atoms with van der Waals surface area (Å²) in [4.78, 5) is 55.8. The molecule has 1 saturated heterocycles. The van der Waals surface area contributed by atoms with E-state index in [4.69, 9.17) is 0 Å². The standard InChI is InChI=1S/C22H21F3N6O5/c1-3-13-6-4-5-7-14(13)31-16-17(27-20(31)29-10-8-26-9-11-29)30(21(35)28(2)18(16)33)12-15(32)36-19(34)22(23,24)25/h3-7,26H,1,8-12H2,2H3. The third-order valence-electron chi connectivity index (χ3n) is 5.64. The normalized spacial score (nSPS) is 14.2. The number of piperazine rings is 1. The van der Waals surface area contributed by atoms with Crippen molar-refractivity contribution in [2.75, 3.05) is 31.1 Å². The maximum atomic E-state index is 13.3. The number of carbonyl (C=O) groups is 2. The number of rotatable bonds is 5. The Hall–Kier alpha value is -4.20. The summed E-state index contributed by atoms with van der Waals surface area (Å²) >= 11 is 0. The van der Waals surface area contributed by atoms with E-state index in [1.165, 1.54) is 4.57 Å². The molecule has 0 amide bonds. The van der Waals surface area contributed by atoms with Crippen LogP contribution in [0.1, 0.15) is 5.56 Å². The van der Waals surface area contributed by atoms with Gasteiger partial charge in [0.25, 0.3) is 5.56 Å². The van der Waals surface area contributed by atoms with Crippen molar-refractivity contribution in [1.29, 1.82) is 0 Å². The van der Waals surface area contributed by atoms with Gasteiger partial charge in [0.05, 0.1) is 5.69 Å². The summed E-state index contributed by atoms with van der Waals surface area (Å²) in [7, 11) is 1.16. The number of carbonyl (C=O) groups excluding carboxylic acids is 2. The highest BCUT2D eigenvalue weighted by Gasteiger charge is 2.42. The van der Waals surface area contributed by atoms with Gasteiger partial charge in [0.1, 0.15) is 6.54 Å². The number of benzene rings is 1. The number of nitrogens with zero attached hydrogens (tertiary/aromatic N) is 5. The molecule has 1 aliphatic rings. The van der Waals surface area contributed by atoms with Gasteiger partial charge in [0.15, 0.2) is 11.2 Å². The number of halogens is 3. The van der Waals surface area contributed by atoms with Gasteiger partial charge >= 0.3 is 23.8 Å². The van der Waals surface area contributed by atoms with E-state index in [1.54, 1.807) is 30.3 Å². The second-order valence-corrected chi connectivity index (χ2v) is 7.91. The van der Waals surface area contributed by atoms with E-state index in [1.807, 2.05) is 4.90 Å². The van der Waals surface area contributed by atoms with E-state index in [2.05, 4.69) is 21.6 Å². The topological polar surface area (TPSA) is 120 Å². The average molecular weight is 506 g/mol. The van der Waals surface area contributed by atoms with Gasteiger partial charge in [-0.2, -0.15) is 18.2 Å². The highest BCUT2D eigenvalue weighted by Crippen LogP contribution is 2.28. The van der Waals surface area contributed by atoms with Crippen LogP contribution in [-0.2, 0) is 27.9 Å². The predicted molar refractivity (Wildman–Crippen MR) is 123 cm³/mol. The lowest BCUT2D eigenvalue weighted by Gasteiger charge is -2.29. The fourth-order valence-electron chi connectivity index (χ4n) is 3.93. The molecule has 0 saturated carbocycles. The highest BCUT2D eigenvalue weighted by molar-refractivity contribution is 5.89. The fraction of sp³-hybridized carbons (Fsp3) is 0.318. The lowest BCUT2D eigenvalue weighted by molar-refractivity contribution is -0.202. The number of aromatic nitrogens is 4. The number of hydrogen-bond donors (Lipinski definition) is 1. The molecule has 0 atom stereocenters. The molecule has 0 unspecified atom stereocenters. The van der Waals surface area contributed by atoms with Crippen molar-refractivity contribution >= 4 is 35.1 Å². The zero-order valence-electron chi connectivity index (χ0n) is 19.0. The highest BCUT2D eigenvalue weighted by atomic mass is 19.4. The Bertz CT molecular complexity index is 1480. The number of imidazole rings is 1. The van der Waals surface area contributed by atoms with Crippen LogP contribution in [0, 0.1) is 0 Å². The molecule has 14 heteroatoms. The summed E-state index contributed by atoms with van der Waals surface area (Å²) in [5, 5.41) is 3.20. The zero-order chi connectivity index (χ0) is 26.2. The molecular weight excluding hydrogens is 485 g/mol. The van der Waals surface area contributed by atoms with Gasteiger partial charge in [-0.1, -0.05) is 30.9 Å². The average Bonchev–Trinajstić information content (AvgIpc) is 3.25. The minimum Gasteiger partial charge on any atom is -0.385 e. The smallest absolute Gasteiger partial charge is 0.385 e. The summed E-state index contributed by atoms with van der Waals surface area (Å²) in [6.07, 6.45) is -3.83. The van der Waals surface area contributed by atoms with Gasteiger partial charge in [-0.25, -0.2) is 14.4 Å². The molecule has 2 aromatic heterocycles. The first-order chi connectivity index (χ1) is 17.0. The molecule has 1 aliphatic heterocycles. The number of esters is 2. The molecule has 0 radical (unpaired) electrons. The van der Waals surface area contributed by atoms with Crippen molar-refractivity contribution in [2.45, 2.75) is 12.7 Å². The van der Waals surface area contributed by atoms with Crippen molar-refractivity contribution < 1.29 is 27.5 Å². The summed E-state index contributed by atoms with van der Waals surface area (Å²) < 4.78 is 44.4. The van der Waals surface area contributed by atoms with Crippen LogP contribution >= 0.6 is 0 Å². The number of ether oxygens (including phenoxy) is 1. The fourth-order valence-corrected chi connectivity index (χ4v) is 3.93. The molecule has 3 heterocycles. The van der Waals surface area contributed by atoms with Gasteiger partial charge in [-0.15, -0.1) is 0 Å². The molecule has 0 bridgehead atoms. The minimum absolute atomic E-state index is 0.0881.